The van der Waals surface area contributed by atoms with Gasteiger partial charge in [-0.25, -0.2) is 8.42 Å². The van der Waals surface area contributed by atoms with Gasteiger partial charge in [-0.05, 0) is 62.1 Å². The maximum absolute atomic E-state index is 14.1. The maximum Gasteiger partial charge on any atom is 0.244 e. The van der Waals surface area contributed by atoms with Crippen molar-refractivity contribution < 1.29 is 18.0 Å². The molecule has 3 aromatic rings. The number of nitrogens with zero attached hydrogens (tertiary/aromatic N) is 2. The van der Waals surface area contributed by atoms with Crippen molar-refractivity contribution in [1.29, 1.82) is 0 Å². The molecule has 0 aliphatic carbocycles. The van der Waals surface area contributed by atoms with Crippen molar-refractivity contribution in [3.05, 3.63) is 100 Å². The van der Waals surface area contributed by atoms with E-state index in [1.165, 1.54) is 4.90 Å². The van der Waals surface area contributed by atoms with E-state index in [9.17, 15) is 18.0 Å². The molecule has 39 heavy (non-hydrogen) atoms. The number of aryl methyl sites for hydroxylation is 2. The predicted octanol–water partition coefficient (Wildman–Crippen LogP) is 4.89. The minimum atomic E-state index is -3.83. The molecule has 1 N–H and O–H groups in total. The Kier molecular flexibility index (Phi) is 10.2. The second-order valence-electron chi connectivity index (χ2n) is 10.0. The van der Waals surface area contributed by atoms with Crippen LogP contribution in [0.3, 0.4) is 0 Å². The van der Waals surface area contributed by atoms with Gasteiger partial charge in [-0.3, -0.25) is 13.9 Å². The number of hydrogen-bond donors (Lipinski definition) is 1. The summed E-state index contributed by atoms with van der Waals surface area (Å²) in [6.07, 6.45) is 1.34. The van der Waals surface area contributed by atoms with Gasteiger partial charge in [0, 0.05) is 24.0 Å². The summed E-state index contributed by atoms with van der Waals surface area (Å²) in [7, 11) is -3.83. The fourth-order valence-electron chi connectivity index (χ4n) is 4.54. The van der Waals surface area contributed by atoms with E-state index in [-0.39, 0.29) is 24.9 Å². The number of rotatable bonds is 11. The summed E-state index contributed by atoms with van der Waals surface area (Å²) < 4.78 is 27.1. The Labute approximate surface area is 236 Å². The molecule has 3 aromatic carbocycles. The van der Waals surface area contributed by atoms with Crippen molar-refractivity contribution in [3.8, 4) is 0 Å². The molecule has 7 nitrogen and oxygen atoms in total. The molecule has 0 unspecified atom stereocenters. The second-order valence-corrected chi connectivity index (χ2v) is 12.4. The van der Waals surface area contributed by atoms with E-state index in [0.29, 0.717) is 10.7 Å². The van der Waals surface area contributed by atoms with E-state index in [0.717, 1.165) is 32.8 Å². The van der Waals surface area contributed by atoms with Gasteiger partial charge in [0.05, 0.1) is 11.9 Å². The second kappa shape index (κ2) is 13.1. The number of carbonyl (C=O) groups is 2. The van der Waals surface area contributed by atoms with E-state index < -0.39 is 28.5 Å². The highest BCUT2D eigenvalue weighted by atomic mass is 35.5. The van der Waals surface area contributed by atoms with E-state index in [4.69, 9.17) is 11.6 Å². The molecule has 0 aromatic heterocycles. The Bertz CT molecular complexity index is 1390. The largest absolute Gasteiger partial charge is 0.352 e. The Morgan fingerprint density at radius 1 is 0.897 bits per heavy atom. The predicted molar refractivity (Wildman–Crippen MR) is 157 cm³/mol. The summed E-state index contributed by atoms with van der Waals surface area (Å²) in [5, 5.41) is 3.44. The Morgan fingerprint density at radius 2 is 1.49 bits per heavy atom. The number of benzene rings is 3. The summed E-state index contributed by atoms with van der Waals surface area (Å²) in [6.45, 7) is 6.95. The molecule has 0 saturated carbocycles. The zero-order chi connectivity index (χ0) is 28.7. The highest BCUT2D eigenvalue weighted by molar-refractivity contribution is 7.92. The molecule has 2 amide bonds. The number of anilines is 1. The van der Waals surface area contributed by atoms with Gasteiger partial charge in [-0.2, -0.15) is 0 Å². The summed E-state index contributed by atoms with van der Waals surface area (Å²) in [4.78, 5) is 29.1. The topological polar surface area (TPSA) is 86.8 Å². The number of nitrogens with one attached hydrogen (secondary N) is 1. The smallest absolute Gasteiger partial charge is 0.244 e. The van der Waals surface area contributed by atoms with Crippen LogP contribution in [0.5, 0.6) is 0 Å². The van der Waals surface area contributed by atoms with Gasteiger partial charge >= 0.3 is 0 Å². The molecule has 208 valence electrons. The van der Waals surface area contributed by atoms with Crippen molar-refractivity contribution in [2.24, 2.45) is 0 Å². The zero-order valence-corrected chi connectivity index (χ0v) is 24.6. The average Bonchev–Trinajstić information content (AvgIpc) is 2.85. The minimum absolute atomic E-state index is 0.0762. The Morgan fingerprint density at radius 3 is 2.05 bits per heavy atom. The number of halogens is 1. The van der Waals surface area contributed by atoms with Gasteiger partial charge in [0.2, 0.25) is 21.8 Å². The van der Waals surface area contributed by atoms with Crippen LogP contribution in [-0.4, -0.2) is 50.0 Å². The number of carbonyl (C=O) groups excluding carboxylic acids is 2. The molecule has 0 heterocycles. The third-order valence-corrected chi connectivity index (χ3v) is 7.66. The average molecular weight is 570 g/mol. The lowest BCUT2D eigenvalue weighted by molar-refractivity contribution is -0.140. The van der Waals surface area contributed by atoms with Gasteiger partial charge in [-0.1, -0.05) is 72.3 Å². The number of para-hydroxylation sites is 1. The van der Waals surface area contributed by atoms with Gasteiger partial charge < -0.3 is 10.2 Å². The monoisotopic (exact) mass is 569 g/mol. The van der Waals surface area contributed by atoms with Crippen LogP contribution in [0.1, 0.15) is 36.1 Å². The van der Waals surface area contributed by atoms with Crippen molar-refractivity contribution in [3.63, 3.8) is 0 Å². The minimum Gasteiger partial charge on any atom is -0.352 e. The van der Waals surface area contributed by atoms with Crippen LogP contribution >= 0.6 is 11.6 Å². The van der Waals surface area contributed by atoms with Crippen LogP contribution < -0.4 is 9.62 Å². The van der Waals surface area contributed by atoms with Crippen molar-refractivity contribution in [2.75, 3.05) is 17.1 Å². The van der Waals surface area contributed by atoms with Crippen LogP contribution in [0.15, 0.2) is 72.8 Å². The molecular formula is C30H36ClN3O4S. The molecule has 9 heteroatoms. The van der Waals surface area contributed by atoms with Gasteiger partial charge in [-0.15, -0.1) is 0 Å². The number of amides is 2. The fraction of sp³-hybridized carbons (Fsp3) is 0.333. The number of hydrogen-bond acceptors (Lipinski definition) is 4. The van der Waals surface area contributed by atoms with E-state index >= 15 is 0 Å². The SMILES string of the molecule is Cc1cccc(C)c1N(CC(=O)N(Cc1cccc(Cl)c1)[C@H](Cc1ccccc1)C(=O)NC(C)C)S(C)(=O)=O. The molecule has 1 atom stereocenters. The first-order valence-corrected chi connectivity index (χ1v) is 15.0. The van der Waals surface area contributed by atoms with Crippen LogP contribution in [0, 0.1) is 13.8 Å². The van der Waals surface area contributed by atoms with Gasteiger partial charge in [0.15, 0.2) is 0 Å². The van der Waals surface area contributed by atoms with Gasteiger partial charge in [0.25, 0.3) is 0 Å². The molecule has 3 rings (SSSR count). The summed E-state index contributed by atoms with van der Waals surface area (Å²) in [5.41, 5.74) is 3.52. The first-order valence-electron chi connectivity index (χ1n) is 12.8. The van der Waals surface area contributed by atoms with E-state index in [2.05, 4.69) is 5.32 Å². The third-order valence-electron chi connectivity index (χ3n) is 6.31. The fourth-order valence-corrected chi connectivity index (χ4v) is 5.72. The van der Waals surface area contributed by atoms with Crippen molar-refractivity contribution >= 4 is 39.1 Å². The highest BCUT2D eigenvalue weighted by Gasteiger charge is 2.33. The molecular weight excluding hydrogens is 534 g/mol. The lowest BCUT2D eigenvalue weighted by Gasteiger charge is -2.34. The van der Waals surface area contributed by atoms with Crippen molar-refractivity contribution in [2.45, 2.75) is 52.7 Å². The number of sulfonamides is 1. The third kappa shape index (κ3) is 8.31. The zero-order valence-electron chi connectivity index (χ0n) is 23.0. The normalized spacial score (nSPS) is 12.2. The molecule has 0 aliphatic rings. The first kappa shape index (κ1) is 30.2. The van der Waals surface area contributed by atoms with Crippen molar-refractivity contribution in [1.82, 2.24) is 10.2 Å². The first-order chi connectivity index (χ1) is 18.4. The molecule has 0 saturated heterocycles. The molecule has 0 bridgehead atoms. The van der Waals surface area contributed by atoms with Crippen LogP contribution in [-0.2, 0) is 32.6 Å². The molecule has 0 fully saturated rings. The molecule has 0 radical (unpaired) electrons. The van der Waals surface area contributed by atoms with Crippen LogP contribution in [0.2, 0.25) is 5.02 Å². The van der Waals surface area contributed by atoms with Gasteiger partial charge in [0.1, 0.15) is 12.6 Å². The van der Waals surface area contributed by atoms with Crippen LogP contribution in [0.4, 0.5) is 5.69 Å². The molecule has 0 spiro atoms. The maximum atomic E-state index is 14.1. The van der Waals surface area contributed by atoms with E-state index in [1.54, 1.807) is 18.2 Å². The van der Waals surface area contributed by atoms with Crippen LogP contribution in [0.25, 0.3) is 0 Å². The summed E-state index contributed by atoms with van der Waals surface area (Å²) in [5.74, 6) is -0.815. The highest BCUT2D eigenvalue weighted by Crippen LogP contribution is 2.27. The Balaban J connectivity index is 2.09. The lowest BCUT2D eigenvalue weighted by atomic mass is 10.0. The quantitative estimate of drug-likeness (QED) is 0.356. The lowest BCUT2D eigenvalue weighted by Crippen LogP contribution is -2.54. The Hall–Kier alpha value is -3.36. The van der Waals surface area contributed by atoms with E-state index in [1.807, 2.05) is 82.3 Å². The summed E-state index contributed by atoms with van der Waals surface area (Å²) >= 11 is 6.24. The standard InChI is InChI=1S/C30H36ClN3O4S/c1-21(2)32-30(36)27(18-24-13-7-6-8-14-24)33(19-25-15-10-16-26(31)17-25)28(35)20-34(39(5,37)38)29-22(3)11-9-12-23(29)4/h6-17,21,27H,18-20H2,1-5H3,(H,32,36)/t27-/m1/s1. The molecule has 0 aliphatic heterocycles. The summed E-state index contributed by atoms with van der Waals surface area (Å²) in [6, 6.07) is 20.9.